The maximum absolute atomic E-state index is 12.5. The van der Waals surface area contributed by atoms with Crippen LogP contribution in [0, 0.1) is 0 Å². The van der Waals surface area contributed by atoms with Gasteiger partial charge in [0.25, 0.3) is 0 Å². The molecule has 0 saturated carbocycles. The number of ether oxygens (including phenoxy) is 2. The summed E-state index contributed by atoms with van der Waals surface area (Å²) in [6.45, 7) is 0. The van der Waals surface area contributed by atoms with E-state index in [1.165, 1.54) is 6.07 Å². The molecule has 3 rings (SSSR count). The molecule has 0 bridgehead atoms. The van der Waals surface area contributed by atoms with E-state index in [9.17, 15) is 27.9 Å². The Balaban J connectivity index is 1.78. The van der Waals surface area contributed by atoms with Gasteiger partial charge in [0.2, 0.25) is 0 Å². The van der Waals surface area contributed by atoms with E-state index in [2.05, 4.69) is 15.4 Å². The molecule has 33 heavy (non-hydrogen) atoms. The largest absolute Gasteiger partial charge is 0.573 e. The predicted octanol–water partition coefficient (Wildman–Crippen LogP) is 6.65. The number of thiophene rings is 1. The first kappa shape index (κ1) is 24.9. The number of rotatable bonds is 6. The van der Waals surface area contributed by atoms with Crippen molar-refractivity contribution in [3.63, 3.8) is 0 Å². The summed E-state index contributed by atoms with van der Waals surface area (Å²) in [5, 5.41) is 13.6. The fraction of sp³-hybridized carbons (Fsp3) is 0.200. The second-order valence-electron chi connectivity index (χ2n) is 6.58. The van der Waals surface area contributed by atoms with E-state index in [1.54, 1.807) is 13.2 Å². The number of hydrogen-bond acceptors (Lipinski definition) is 5. The topological polar surface area (TPSA) is 96.9 Å². The third kappa shape index (κ3) is 6.41. The van der Waals surface area contributed by atoms with Crippen molar-refractivity contribution in [3.05, 3.63) is 56.9 Å². The SMILES string of the molecule is COC1C=CC(c2cc(C(=O)O)c(NC(=O)Nc3c(Cl)cc(OC(F)(F)F)cc3Cl)s2)=CC1. The number of carbonyl (C=O) groups is 2. The Morgan fingerprint density at radius 1 is 1.18 bits per heavy atom. The molecular formula is C20H15Cl2F3N2O5S. The quantitative estimate of drug-likeness (QED) is 0.394. The first-order valence-electron chi connectivity index (χ1n) is 9.08. The van der Waals surface area contributed by atoms with Gasteiger partial charge in [-0.2, -0.15) is 0 Å². The fourth-order valence-corrected chi connectivity index (χ4v) is 4.48. The smallest absolute Gasteiger partial charge is 0.478 e. The van der Waals surface area contributed by atoms with Crippen molar-refractivity contribution < 1.29 is 37.3 Å². The molecule has 0 radical (unpaired) electrons. The number of alkyl halides is 3. The summed E-state index contributed by atoms with van der Waals surface area (Å²) in [5.74, 6) is -1.92. The normalized spacial score (nSPS) is 15.7. The zero-order chi connectivity index (χ0) is 24.3. The molecule has 2 aromatic rings. The van der Waals surface area contributed by atoms with Gasteiger partial charge in [-0.15, -0.1) is 24.5 Å². The minimum atomic E-state index is -4.95. The lowest BCUT2D eigenvalue weighted by atomic mass is 10.0. The van der Waals surface area contributed by atoms with Crippen LogP contribution >= 0.6 is 34.5 Å². The van der Waals surface area contributed by atoms with E-state index in [0.717, 1.165) is 29.0 Å². The summed E-state index contributed by atoms with van der Waals surface area (Å²) in [6, 6.07) is 2.19. The van der Waals surface area contributed by atoms with Gasteiger partial charge in [-0.3, -0.25) is 5.32 Å². The number of anilines is 2. The average Bonchev–Trinajstić information content (AvgIpc) is 3.13. The molecule has 1 unspecified atom stereocenters. The molecule has 0 fully saturated rings. The Kier molecular flexibility index (Phi) is 7.58. The molecule has 1 aromatic carbocycles. The zero-order valence-electron chi connectivity index (χ0n) is 16.6. The lowest BCUT2D eigenvalue weighted by Gasteiger charge is -2.14. The summed E-state index contributed by atoms with van der Waals surface area (Å²) in [6.07, 6.45) is 1.11. The number of allylic oxidation sites excluding steroid dienone is 2. The zero-order valence-corrected chi connectivity index (χ0v) is 19.0. The van der Waals surface area contributed by atoms with E-state index in [1.807, 2.05) is 12.2 Å². The number of amides is 2. The molecule has 176 valence electrons. The van der Waals surface area contributed by atoms with Crippen molar-refractivity contribution in [2.24, 2.45) is 0 Å². The molecule has 0 aliphatic heterocycles. The summed E-state index contributed by atoms with van der Waals surface area (Å²) in [5.41, 5.74) is 0.456. The number of carboxylic acids is 1. The third-order valence-corrected chi connectivity index (χ3v) is 6.02. The second-order valence-corrected chi connectivity index (χ2v) is 8.44. The van der Waals surface area contributed by atoms with Crippen LogP contribution in [0.4, 0.5) is 28.7 Å². The van der Waals surface area contributed by atoms with Gasteiger partial charge in [0.05, 0.1) is 27.4 Å². The van der Waals surface area contributed by atoms with Crippen molar-refractivity contribution in [1.29, 1.82) is 0 Å². The van der Waals surface area contributed by atoms with Crippen LogP contribution in [0.1, 0.15) is 21.7 Å². The van der Waals surface area contributed by atoms with Crippen molar-refractivity contribution in [3.8, 4) is 5.75 Å². The highest BCUT2D eigenvalue weighted by molar-refractivity contribution is 7.17. The van der Waals surface area contributed by atoms with Crippen molar-refractivity contribution in [1.82, 2.24) is 0 Å². The van der Waals surface area contributed by atoms with Crippen LogP contribution in [0.15, 0.2) is 36.4 Å². The van der Waals surface area contributed by atoms with Crippen LogP contribution in [-0.2, 0) is 4.74 Å². The molecule has 0 saturated heterocycles. The molecule has 3 N–H and O–H groups in total. The van der Waals surface area contributed by atoms with Gasteiger partial charge in [-0.1, -0.05) is 41.4 Å². The molecule has 13 heteroatoms. The van der Waals surface area contributed by atoms with Crippen LogP contribution in [0.25, 0.3) is 5.57 Å². The monoisotopic (exact) mass is 522 g/mol. The first-order chi connectivity index (χ1) is 15.5. The molecule has 1 heterocycles. The number of nitrogens with one attached hydrogen (secondary N) is 2. The molecule has 2 amide bonds. The minimum Gasteiger partial charge on any atom is -0.478 e. The van der Waals surface area contributed by atoms with Crippen LogP contribution in [0.3, 0.4) is 0 Å². The summed E-state index contributed by atoms with van der Waals surface area (Å²) in [7, 11) is 1.58. The highest BCUT2D eigenvalue weighted by Gasteiger charge is 2.31. The van der Waals surface area contributed by atoms with Gasteiger partial charge < -0.3 is 19.9 Å². The van der Waals surface area contributed by atoms with Crippen molar-refractivity contribution in [2.75, 3.05) is 17.7 Å². The number of carboxylic acid groups (broad SMARTS) is 1. The van der Waals surface area contributed by atoms with E-state index >= 15 is 0 Å². The second kappa shape index (κ2) is 10.0. The fourth-order valence-electron chi connectivity index (χ4n) is 2.85. The lowest BCUT2D eigenvalue weighted by Crippen LogP contribution is -2.21. The molecular weight excluding hydrogens is 508 g/mol. The predicted molar refractivity (Wildman–Crippen MR) is 120 cm³/mol. The van der Waals surface area contributed by atoms with Crippen LogP contribution in [0.2, 0.25) is 10.0 Å². The minimum absolute atomic E-state index is 0.0439. The maximum atomic E-state index is 12.5. The standard InChI is InChI=1S/C20H15Cl2F3N2O5S/c1-31-10-4-2-9(3-5-10)15-8-12(18(28)29)17(33-15)27-19(30)26-16-13(21)6-11(7-14(16)22)32-20(23,24)25/h2-4,6-8,10H,5H2,1H3,(H,28,29)(H2,26,27,30). The number of aromatic carboxylic acids is 1. The average molecular weight is 523 g/mol. The van der Waals surface area contributed by atoms with Gasteiger partial charge in [0, 0.05) is 24.1 Å². The van der Waals surface area contributed by atoms with Crippen LogP contribution in [0.5, 0.6) is 5.75 Å². The molecule has 1 aliphatic carbocycles. The van der Waals surface area contributed by atoms with Crippen LogP contribution in [-0.4, -0.2) is 36.7 Å². The van der Waals surface area contributed by atoms with E-state index in [-0.39, 0.29) is 32.4 Å². The van der Waals surface area contributed by atoms with E-state index in [4.69, 9.17) is 27.9 Å². The Morgan fingerprint density at radius 3 is 2.36 bits per heavy atom. The van der Waals surface area contributed by atoms with E-state index < -0.39 is 24.1 Å². The van der Waals surface area contributed by atoms with Crippen molar-refractivity contribution >= 4 is 62.8 Å². The highest BCUT2D eigenvalue weighted by Crippen LogP contribution is 2.38. The van der Waals surface area contributed by atoms with Gasteiger partial charge in [0.1, 0.15) is 10.8 Å². The van der Waals surface area contributed by atoms with E-state index in [0.29, 0.717) is 11.3 Å². The number of methoxy groups -OCH3 is 1. The summed E-state index contributed by atoms with van der Waals surface area (Å²) < 4.78 is 46.1. The number of hydrogen-bond donors (Lipinski definition) is 3. The lowest BCUT2D eigenvalue weighted by molar-refractivity contribution is -0.274. The summed E-state index contributed by atoms with van der Waals surface area (Å²) in [4.78, 5) is 24.7. The number of halogens is 5. The van der Waals surface area contributed by atoms with Gasteiger partial charge >= 0.3 is 18.4 Å². The van der Waals surface area contributed by atoms with Gasteiger partial charge in [-0.25, -0.2) is 9.59 Å². The molecule has 0 spiro atoms. The molecule has 1 aromatic heterocycles. The molecule has 1 aliphatic rings. The third-order valence-electron chi connectivity index (χ3n) is 4.33. The Morgan fingerprint density at radius 2 is 1.85 bits per heavy atom. The van der Waals surface area contributed by atoms with Gasteiger partial charge in [-0.05, 0) is 18.1 Å². The summed E-state index contributed by atoms with van der Waals surface area (Å²) >= 11 is 12.9. The molecule has 7 nitrogen and oxygen atoms in total. The highest BCUT2D eigenvalue weighted by atomic mass is 35.5. The Labute approximate surface area is 199 Å². The molecule has 1 atom stereocenters. The number of benzene rings is 1. The first-order valence-corrected chi connectivity index (χ1v) is 10.7. The maximum Gasteiger partial charge on any atom is 0.573 e. The van der Waals surface area contributed by atoms with Crippen molar-refractivity contribution in [2.45, 2.75) is 18.9 Å². The number of urea groups is 1. The Bertz CT molecular complexity index is 1120. The number of carbonyl (C=O) groups excluding carboxylic acids is 1. The van der Waals surface area contributed by atoms with Gasteiger partial charge in [0.15, 0.2) is 0 Å². The van der Waals surface area contributed by atoms with Crippen LogP contribution < -0.4 is 15.4 Å². The Hall–Kier alpha value is -2.73.